The largest absolute Gasteiger partial charge is 0.453 e. The van der Waals surface area contributed by atoms with Gasteiger partial charge in [0.1, 0.15) is 0 Å². The van der Waals surface area contributed by atoms with Crippen LogP contribution in [0, 0.1) is 11.3 Å². The van der Waals surface area contributed by atoms with Gasteiger partial charge in [-0.15, -0.1) is 0 Å². The molecule has 0 spiro atoms. The maximum atomic E-state index is 11.2. The van der Waals surface area contributed by atoms with Crippen LogP contribution in [0.3, 0.4) is 0 Å². The van der Waals surface area contributed by atoms with E-state index in [1.54, 1.807) is 0 Å². The van der Waals surface area contributed by atoms with Gasteiger partial charge < -0.3 is 10.1 Å². The third-order valence-electron chi connectivity index (χ3n) is 3.98. The second-order valence-electron chi connectivity index (χ2n) is 6.50. The first-order valence-electron chi connectivity index (χ1n) is 7.11. The van der Waals surface area contributed by atoms with Crippen LogP contribution >= 0.6 is 0 Å². The lowest BCUT2D eigenvalue weighted by Crippen LogP contribution is -2.22. The number of hydrogen-bond donors (Lipinski definition) is 2. The highest BCUT2D eigenvalue weighted by molar-refractivity contribution is 5.85. The van der Waals surface area contributed by atoms with Crippen LogP contribution in [0.15, 0.2) is 24.3 Å². The summed E-state index contributed by atoms with van der Waals surface area (Å²) in [5.74, 6) is 0.655. The summed E-state index contributed by atoms with van der Waals surface area (Å²) in [5.41, 5.74) is 2.18. The highest BCUT2D eigenvalue weighted by Gasteiger charge is 2.36. The molecule has 1 fully saturated rings. The molecule has 1 aromatic carbocycles. The van der Waals surface area contributed by atoms with Gasteiger partial charge in [0.2, 0.25) is 0 Å². The molecule has 2 atom stereocenters. The van der Waals surface area contributed by atoms with Gasteiger partial charge in [0.15, 0.2) is 0 Å². The molecular formula is C16H24N2O2. The zero-order valence-corrected chi connectivity index (χ0v) is 12.7. The molecule has 2 N–H and O–H groups in total. The molecule has 20 heavy (non-hydrogen) atoms. The molecule has 0 aliphatic heterocycles. The van der Waals surface area contributed by atoms with Crippen LogP contribution in [-0.2, 0) is 4.74 Å². The van der Waals surface area contributed by atoms with Gasteiger partial charge in [-0.25, -0.2) is 4.79 Å². The molecule has 0 bridgehead atoms. The average Bonchev–Trinajstić information content (AvgIpc) is 2.62. The molecule has 0 saturated heterocycles. The second-order valence-corrected chi connectivity index (χ2v) is 6.50. The summed E-state index contributed by atoms with van der Waals surface area (Å²) in [6.07, 6.45) is 1.96. The molecule has 1 saturated carbocycles. The van der Waals surface area contributed by atoms with E-state index in [1.807, 2.05) is 24.3 Å². The first-order valence-corrected chi connectivity index (χ1v) is 7.11. The molecule has 2 rings (SSSR count). The lowest BCUT2D eigenvalue weighted by atomic mass is 9.91. The SMILES string of the molecule is COC(=O)Nc1cccc(NC2CC(C)(C)CC2C)c1. The number of carbonyl (C=O) groups is 1. The van der Waals surface area contributed by atoms with Gasteiger partial charge in [-0.3, -0.25) is 5.32 Å². The molecular weight excluding hydrogens is 252 g/mol. The van der Waals surface area contributed by atoms with Crippen molar-refractivity contribution < 1.29 is 9.53 Å². The summed E-state index contributed by atoms with van der Waals surface area (Å²) < 4.78 is 4.60. The van der Waals surface area contributed by atoms with Crippen molar-refractivity contribution in [1.29, 1.82) is 0 Å². The molecule has 4 nitrogen and oxygen atoms in total. The van der Waals surface area contributed by atoms with Crippen LogP contribution in [0.25, 0.3) is 0 Å². The van der Waals surface area contributed by atoms with E-state index in [1.165, 1.54) is 20.0 Å². The van der Waals surface area contributed by atoms with E-state index >= 15 is 0 Å². The van der Waals surface area contributed by atoms with Gasteiger partial charge in [-0.05, 0) is 42.4 Å². The van der Waals surface area contributed by atoms with Gasteiger partial charge in [-0.2, -0.15) is 0 Å². The summed E-state index contributed by atoms with van der Waals surface area (Å²) in [4.78, 5) is 11.2. The maximum absolute atomic E-state index is 11.2. The standard InChI is InChI=1S/C16H24N2O2/c1-11-9-16(2,3)10-14(11)17-12-6-5-7-13(8-12)18-15(19)20-4/h5-8,11,14,17H,9-10H2,1-4H3,(H,18,19). The van der Waals surface area contributed by atoms with Gasteiger partial charge in [-0.1, -0.05) is 26.8 Å². The highest BCUT2D eigenvalue weighted by atomic mass is 16.5. The summed E-state index contributed by atoms with van der Waals surface area (Å²) in [5, 5.41) is 6.27. The monoisotopic (exact) mass is 276 g/mol. The van der Waals surface area contributed by atoms with E-state index in [9.17, 15) is 4.79 Å². The summed E-state index contributed by atoms with van der Waals surface area (Å²) in [6.45, 7) is 6.93. The van der Waals surface area contributed by atoms with Crippen molar-refractivity contribution in [2.75, 3.05) is 17.7 Å². The first-order chi connectivity index (χ1) is 9.39. The number of rotatable bonds is 3. The molecule has 0 aromatic heterocycles. The Bertz CT molecular complexity index is 485. The Morgan fingerprint density at radius 2 is 2.00 bits per heavy atom. The number of anilines is 2. The molecule has 0 heterocycles. The van der Waals surface area contributed by atoms with Crippen molar-refractivity contribution in [2.24, 2.45) is 11.3 Å². The van der Waals surface area contributed by atoms with Crippen molar-refractivity contribution in [3.05, 3.63) is 24.3 Å². The number of amides is 1. The fourth-order valence-corrected chi connectivity index (χ4v) is 3.16. The quantitative estimate of drug-likeness (QED) is 0.873. The fraction of sp³-hybridized carbons (Fsp3) is 0.562. The summed E-state index contributed by atoms with van der Waals surface area (Å²) in [7, 11) is 1.36. The lowest BCUT2D eigenvalue weighted by molar-refractivity contribution is 0.187. The smallest absolute Gasteiger partial charge is 0.411 e. The van der Waals surface area contributed by atoms with Crippen LogP contribution in [0.2, 0.25) is 0 Å². The number of benzene rings is 1. The predicted molar refractivity (Wildman–Crippen MR) is 82.1 cm³/mol. The molecule has 1 aromatic rings. The van der Waals surface area contributed by atoms with Crippen molar-refractivity contribution >= 4 is 17.5 Å². The topological polar surface area (TPSA) is 50.4 Å². The van der Waals surface area contributed by atoms with Crippen molar-refractivity contribution in [2.45, 2.75) is 39.7 Å². The van der Waals surface area contributed by atoms with E-state index in [0.29, 0.717) is 17.4 Å². The number of ether oxygens (including phenoxy) is 1. The third kappa shape index (κ3) is 3.65. The minimum absolute atomic E-state index is 0.402. The molecule has 4 heteroatoms. The molecule has 0 radical (unpaired) electrons. The van der Waals surface area contributed by atoms with Crippen LogP contribution in [-0.4, -0.2) is 19.2 Å². The zero-order chi connectivity index (χ0) is 14.8. The lowest BCUT2D eigenvalue weighted by Gasteiger charge is -2.20. The minimum Gasteiger partial charge on any atom is -0.453 e. The molecule has 2 unspecified atom stereocenters. The molecule has 110 valence electrons. The van der Waals surface area contributed by atoms with Crippen LogP contribution in [0.1, 0.15) is 33.6 Å². The number of carbonyl (C=O) groups excluding carboxylic acids is 1. The Hall–Kier alpha value is -1.71. The second kappa shape index (κ2) is 5.73. The Morgan fingerprint density at radius 1 is 1.30 bits per heavy atom. The van der Waals surface area contributed by atoms with Crippen LogP contribution < -0.4 is 10.6 Å². The zero-order valence-electron chi connectivity index (χ0n) is 12.7. The van der Waals surface area contributed by atoms with E-state index < -0.39 is 6.09 Å². The average molecular weight is 276 g/mol. The van der Waals surface area contributed by atoms with Crippen molar-refractivity contribution in [1.82, 2.24) is 0 Å². The number of methoxy groups -OCH3 is 1. The van der Waals surface area contributed by atoms with Crippen molar-refractivity contribution in [3.63, 3.8) is 0 Å². The van der Waals surface area contributed by atoms with Gasteiger partial charge >= 0.3 is 6.09 Å². The molecule has 1 aliphatic carbocycles. The van der Waals surface area contributed by atoms with E-state index in [0.717, 1.165) is 11.4 Å². The number of nitrogens with one attached hydrogen (secondary N) is 2. The number of hydrogen-bond acceptors (Lipinski definition) is 3. The van der Waals surface area contributed by atoms with E-state index in [2.05, 4.69) is 36.1 Å². The molecule has 1 amide bonds. The fourth-order valence-electron chi connectivity index (χ4n) is 3.16. The third-order valence-corrected chi connectivity index (χ3v) is 3.98. The Morgan fingerprint density at radius 3 is 2.60 bits per heavy atom. The first kappa shape index (κ1) is 14.7. The van der Waals surface area contributed by atoms with E-state index in [4.69, 9.17) is 0 Å². The van der Waals surface area contributed by atoms with E-state index in [-0.39, 0.29) is 0 Å². The summed E-state index contributed by atoms with van der Waals surface area (Å²) >= 11 is 0. The highest BCUT2D eigenvalue weighted by Crippen LogP contribution is 2.42. The van der Waals surface area contributed by atoms with Gasteiger partial charge in [0.25, 0.3) is 0 Å². The minimum atomic E-state index is -0.447. The normalized spacial score (nSPS) is 24.2. The van der Waals surface area contributed by atoms with Crippen molar-refractivity contribution in [3.8, 4) is 0 Å². The Labute approximate surface area is 120 Å². The van der Waals surface area contributed by atoms with Gasteiger partial charge in [0, 0.05) is 17.4 Å². The molecule has 1 aliphatic rings. The van der Waals surface area contributed by atoms with Crippen LogP contribution in [0.5, 0.6) is 0 Å². The summed E-state index contributed by atoms with van der Waals surface area (Å²) in [6, 6.07) is 8.23. The Balaban J connectivity index is 2.03. The predicted octanol–water partition coefficient (Wildman–Crippen LogP) is 4.10. The maximum Gasteiger partial charge on any atom is 0.411 e. The van der Waals surface area contributed by atoms with Gasteiger partial charge in [0.05, 0.1) is 7.11 Å². The Kier molecular flexibility index (Phi) is 4.21. The van der Waals surface area contributed by atoms with Crippen LogP contribution in [0.4, 0.5) is 16.2 Å².